The zero-order valence-electron chi connectivity index (χ0n) is 15.7. The summed E-state index contributed by atoms with van der Waals surface area (Å²) in [6.45, 7) is 1.38. The van der Waals surface area contributed by atoms with Gasteiger partial charge in [0.05, 0.1) is 7.11 Å². The van der Waals surface area contributed by atoms with Gasteiger partial charge in [0.15, 0.2) is 0 Å². The number of nitrogens with zero attached hydrogens (tertiary/aromatic N) is 1. The maximum atomic E-state index is 12.4. The monoisotopic (exact) mass is 366 g/mol. The van der Waals surface area contributed by atoms with Crippen LogP contribution in [0.25, 0.3) is 0 Å². The molecule has 27 heavy (non-hydrogen) atoms. The number of carbonyl (C=O) groups excluding carboxylic acids is 2. The molecule has 2 amide bonds. The first-order chi connectivity index (χ1) is 13.2. The Morgan fingerprint density at radius 1 is 1.07 bits per heavy atom. The second-order valence-corrected chi connectivity index (χ2v) is 6.85. The molecule has 0 spiro atoms. The van der Waals surface area contributed by atoms with Crippen LogP contribution in [0.4, 0.5) is 0 Å². The fourth-order valence-electron chi connectivity index (χ4n) is 3.36. The lowest BCUT2D eigenvalue weighted by molar-refractivity contribution is -0.132. The van der Waals surface area contributed by atoms with Gasteiger partial charge < -0.3 is 15.0 Å². The molecule has 0 atom stereocenters. The Hall–Kier alpha value is -2.82. The van der Waals surface area contributed by atoms with E-state index in [9.17, 15) is 9.59 Å². The summed E-state index contributed by atoms with van der Waals surface area (Å²) in [6, 6.07) is 17.3. The first-order valence-electron chi connectivity index (χ1n) is 9.42. The maximum absolute atomic E-state index is 12.4. The number of likely N-dealkylation sites (tertiary alicyclic amines) is 1. The Morgan fingerprint density at radius 2 is 1.81 bits per heavy atom. The second-order valence-electron chi connectivity index (χ2n) is 6.85. The van der Waals surface area contributed by atoms with Crippen LogP contribution < -0.4 is 10.1 Å². The summed E-state index contributed by atoms with van der Waals surface area (Å²) < 4.78 is 5.17. The van der Waals surface area contributed by atoms with Gasteiger partial charge in [-0.05, 0) is 43.0 Å². The van der Waals surface area contributed by atoms with Crippen molar-refractivity contribution in [1.82, 2.24) is 10.2 Å². The van der Waals surface area contributed by atoms with Crippen LogP contribution in [-0.4, -0.2) is 43.0 Å². The van der Waals surface area contributed by atoms with Gasteiger partial charge >= 0.3 is 0 Å². The molecule has 1 saturated heterocycles. The number of hydrogen-bond acceptors (Lipinski definition) is 3. The third-order valence-electron chi connectivity index (χ3n) is 4.99. The minimum absolute atomic E-state index is 0.0947. The van der Waals surface area contributed by atoms with E-state index in [1.807, 2.05) is 47.4 Å². The summed E-state index contributed by atoms with van der Waals surface area (Å²) >= 11 is 0. The third kappa shape index (κ3) is 5.33. The number of carbonyl (C=O) groups is 2. The van der Waals surface area contributed by atoms with Crippen LogP contribution in [0.15, 0.2) is 54.6 Å². The minimum atomic E-state index is -0.0947. The number of rotatable bonds is 6. The summed E-state index contributed by atoms with van der Waals surface area (Å²) in [6.07, 6.45) is 2.87. The van der Waals surface area contributed by atoms with E-state index in [1.54, 1.807) is 19.2 Å². The van der Waals surface area contributed by atoms with Gasteiger partial charge in [0.1, 0.15) is 5.75 Å². The topological polar surface area (TPSA) is 58.6 Å². The van der Waals surface area contributed by atoms with Gasteiger partial charge in [-0.2, -0.15) is 0 Å². The normalized spacial score (nSPS) is 14.6. The second kappa shape index (κ2) is 9.21. The van der Waals surface area contributed by atoms with Crippen molar-refractivity contribution >= 4 is 11.8 Å². The Kier molecular flexibility index (Phi) is 6.47. The maximum Gasteiger partial charge on any atom is 0.251 e. The molecule has 1 fully saturated rings. The van der Waals surface area contributed by atoms with E-state index in [0.717, 1.165) is 19.3 Å². The number of benzene rings is 2. The molecular weight excluding hydrogens is 340 g/mol. The van der Waals surface area contributed by atoms with Gasteiger partial charge in [0.25, 0.3) is 5.91 Å². The molecular formula is C22H26N2O3. The van der Waals surface area contributed by atoms with Gasteiger partial charge in [-0.1, -0.05) is 36.4 Å². The SMILES string of the molecule is COc1cccc(C(=O)NC2CCN(C(=O)CCc3ccccc3)CC2)c1. The van der Waals surface area contributed by atoms with Crippen molar-refractivity contribution in [1.29, 1.82) is 0 Å². The van der Waals surface area contributed by atoms with E-state index in [0.29, 0.717) is 30.8 Å². The van der Waals surface area contributed by atoms with E-state index in [1.165, 1.54) is 5.56 Å². The van der Waals surface area contributed by atoms with E-state index >= 15 is 0 Å². The Morgan fingerprint density at radius 3 is 2.52 bits per heavy atom. The minimum Gasteiger partial charge on any atom is -0.497 e. The zero-order valence-corrected chi connectivity index (χ0v) is 15.7. The van der Waals surface area contributed by atoms with Crippen molar-refractivity contribution in [2.75, 3.05) is 20.2 Å². The Bertz CT molecular complexity index is 768. The highest BCUT2D eigenvalue weighted by atomic mass is 16.5. The highest BCUT2D eigenvalue weighted by Crippen LogP contribution is 2.16. The average molecular weight is 366 g/mol. The molecule has 0 aromatic heterocycles. The van der Waals surface area contributed by atoms with Gasteiger partial charge in [-0.3, -0.25) is 9.59 Å². The van der Waals surface area contributed by atoms with Gasteiger partial charge in [0.2, 0.25) is 5.91 Å². The van der Waals surface area contributed by atoms with Crippen LogP contribution in [0.5, 0.6) is 5.75 Å². The van der Waals surface area contributed by atoms with Crippen molar-refractivity contribution in [3.05, 3.63) is 65.7 Å². The number of amides is 2. The highest BCUT2D eigenvalue weighted by Gasteiger charge is 2.24. The van der Waals surface area contributed by atoms with Crippen molar-refractivity contribution in [3.8, 4) is 5.75 Å². The van der Waals surface area contributed by atoms with Gasteiger partial charge in [-0.25, -0.2) is 0 Å². The van der Waals surface area contributed by atoms with Crippen molar-refractivity contribution in [2.24, 2.45) is 0 Å². The van der Waals surface area contributed by atoms with Crippen molar-refractivity contribution in [2.45, 2.75) is 31.7 Å². The molecule has 3 rings (SSSR count). The quantitative estimate of drug-likeness (QED) is 0.855. The first kappa shape index (κ1) is 19.0. The van der Waals surface area contributed by atoms with E-state index in [4.69, 9.17) is 4.74 Å². The van der Waals surface area contributed by atoms with E-state index in [-0.39, 0.29) is 17.9 Å². The molecule has 0 saturated carbocycles. The Labute approximate surface area is 160 Å². The van der Waals surface area contributed by atoms with E-state index < -0.39 is 0 Å². The number of piperidine rings is 1. The molecule has 2 aromatic carbocycles. The number of ether oxygens (including phenoxy) is 1. The van der Waals surface area contributed by atoms with E-state index in [2.05, 4.69) is 5.32 Å². The summed E-state index contributed by atoms with van der Waals surface area (Å²) in [7, 11) is 1.58. The van der Waals surface area contributed by atoms with Gasteiger partial charge in [0, 0.05) is 31.1 Å². The molecule has 1 aliphatic heterocycles. The molecule has 5 heteroatoms. The molecule has 1 heterocycles. The molecule has 2 aromatic rings. The summed E-state index contributed by atoms with van der Waals surface area (Å²) in [5, 5.41) is 3.07. The number of aryl methyl sites for hydroxylation is 1. The average Bonchev–Trinajstić information content (AvgIpc) is 2.73. The van der Waals surface area contributed by atoms with Crippen LogP contribution in [-0.2, 0) is 11.2 Å². The standard InChI is InChI=1S/C22H26N2O3/c1-27-20-9-5-8-18(16-20)22(26)23-19-12-14-24(15-13-19)21(25)11-10-17-6-3-2-4-7-17/h2-9,16,19H,10-15H2,1H3,(H,23,26). The third-order valence-corrected chi connectivity index (χ3v) is 4.99. The summed E-state index contributed by atoms with van der Waals surface area (Å²) in [5.41, 5.74) is 1.78. The lowest BCUT2D eigenvalue weighted by atomic mass is 10.0. The van der Waals surface area contributed by atoms with Crippen molar-refractivity contribution in [3.63, 3.8) is 0 Å². The highest BCUT2D eigenvalue weighted by molar-refractivity contribution is 5.94. The lowest BCUT2D eigenvalue weighted by Crippen LogP contribution is -2.46. The molecule has 1 aliphatic rings. The molecule has 0 aliphatic carbocycles. The summed E-state index contributed by atoms with van der Waals surface area (Å²) in [5.74, 6) is 0.765. The first-order valence-corrected chi connectivity index (χ1v) is 9.42. The zero-order chi connectivity index (χ0) is 19.1. The molecule has 0 radical (unpaired) electrons. The predicted molar refractivity (Wildman–Crippen MR) is 105 cm³/mol. The fourth-order valence-corrected chi connectivity index (χ4v) is 3.36. The predicted octanol–water partition coefficient (Wildman–Crippen LogP) is 3.05. The van der Waals surface area contributed by atoms with Crippen LogP contribution in [0.3, 0.4) is 0 Å². The molecule has 142 valence electrons. The fraction of sp³-hybridized carbons (Fsp3) is 0.364. The Balaban J connectivity index is 1.44. The van der Waals surface area contributed by atoms with Crippen LogP contribution in [0.2, 0.25) is 0 Å². The van der Waals surface area contributed by atoms with Gasteiger partial charge in [-0.15, -0.1) is 0 Å². The number of hydrogen-bond donors (Lipinski definition) is 1. The van der Waals surface area contributed by atoms with Crippen molar-refractivity contribution < 1.29 is 14.3 Å². The van der Waals surface area contributed by atoms with Crippen LogP contribution >= 0.6 is 0 Å². The molecule has 5 nitrogen and oxygen atoms in total. The molecule has 0 bridgehead atoms. The molecule has 0 unspecified atom stereocenters. The smallest absolute Gasteiger partial charge is 0.251 e. The van der Waals surface area contributed by atoms with Crippen LogP contribution in [0, 0.1) is 0 Å². The summed E-state index contributed by atoms with van der Waals surface area (Å²) in [4.78, 5) is 26.7. The largest absolute Gasteiger partial charge is 0.497 e. The molecule has 1 N–H and O–H groups in total. The lowest BCUT2D eigenvalue weighted by Gasteiger charge is -2.32. The van der Waals surface area contributed by atoms with Crippen LogP contribution in [0.1, 0.15) is 35.2 Å². The number of nitrogens with one attached hydrogen (secondary N) is 1. The number of methoxy groups -OCH3 is 1.